The van der Waals surface area contributed by atoms with Crippen LogP contribution in [-0.4, -0.2) is 33.1 Å². The summed E-state index contributed by atoms with van der Waals surface area (Å²) >= 11 is 0. The van der Waals surface area contributed by atoms with Gasteiger partial charge in [-0.25, -0.2) is 10.5 Å². The molecule has 17 heavy (non-hydrogen) atoms. The number of hydrogen-bond donors (Lipinski definition) is 3. The van der Waals surface area contributed by atoms with Crippen molar-refractivity contribution in [3.05, 3.63) is 30.9 Å². The van der Waals surface area contributed by atoms with Gasteiger partial charge in [0.05, 0.1) is 6.33 Å². The Morgan fingerprint density at radius 2 is 2.12 bits per heavy atom. The van der Waals surface area contributed by atoms with Crippen LogP contribution in [0.15, 0.2) is 30.9 Å². The molecule has 0 bridgehead atoms. The molecule has 0 fully saturated rings. The van der Waals surface area contributed by atoms with E-state index in [1.54, 1.807) is 12.5 Å². The second-order valence-electron chi connectivity index (χ2n) is 3.25. The van der Waals surface area contributed by atoms with Crippen LogP contribution in [0.2, 0.25) is 0 Å². The van der Waals surface area contributed by atoms with Crippen molar-refractivity contribution >= 4 is 11.8 Å². The van der Waals surface area contributed by atoms with Gasteiger partial charge in [0.25, 0.3) is 5.91 Å². The predicted octanol–water partition coefficient (Wildman–Crippen LogP) is -0.549. The van der Waals surface area contributed by atoms with Crippen LogP contribution in [0.3, 0.4) is 0 Å². The van der Waals surface area contributed by atoms with Crippen molar-refractivity contribution in [1.29, 1.82) is 0 Å². The van der Waals surface area contributed by atoms with E-state index in [2.05, 4.69) is 10.3 Å². The number of imidazole rings is 1. The van der Waals surface area contributed by atoms with E-state index >= 15 is 0 Å². The first-order chi connectivity index (χ1) is 8.22. The minimum Gasteiger partial charge on any atom is -0.352 e. The molecule has 0 aromatic carbocycles. The van der Waals surface area contributed by atoms with Gasteiger partial charge in [-0.3, -0.25) is 14.8 Å². The lowest BCUT2D eigenvalue weighted by Gasteiger charge is -2.02. The number of hydroxylamine groups is 1. The number of nitrogens with zero attached hydrogens (tertiary/aromatic N) is 2. The first-order valence-electron chi connectivity index (χ1n) is 5.08. The highest BCUT2D eigenvalue weighted by atomic mass is 16.5. The molecule has 2 amide bonds. The van der Waals surface area contributed by atoms with Crippen molar-refractivity contribution in [3.8, 4) is 0 Å². The molecule has 7 nitrogen and oxygen atoms in total. The molecule has 0 aliphatic carbocycles. The lowest BCUT2D eigenvalue weighted by molar-refractivity contribution is -0.124. The molecule has 0 atom stereocenters. The SMILES string of the molecule is O=C(/C=C/C(=O)NCCCn1ccnc1)NO. The Bertz CT molecular complexity index is 386. The molecule has 0 saturated heterocycles. The minimum atomic E-state index is -0.737. The molecular formula is C10H14N4O3. The van der Waals surface area contributed by atoms with Crippen LogP contribution >= 0.6 is 0 Å². The monoisotopic (exact) mass is 238 g/mol. The van der Waals surface area contributed by atoms with E-state index in [0.717, 1.165) is 25.1 Å². The fourth-order valence-electron chi connectivity index (χ4n) is 1.14. The molecular weight excluding hydrogens is 224 g/mol. The molecule has 3 N–H and O–H groups in total. The fraction of sp³-hybridized carbons (Fsp3) is 0.300. The first kappa shape index (κ1) is 12.9. The second-order valence-corrected chi connectivity index (χ2v) is 3.25. The van der Waals surface area contributed by atoms with Gasteiger partial charge in [-0.2, -0.15) is 0 Å². The standard InChI is InChI=1S/C10H14N4O3/c15-9(2-3-10(16)13-17)12-4-1-6-14-7-5-11-8-14/h2-3,5,7-8,17H,1,4,6H2,(H,12,15)(H,13,16)/b3-2+. The second kappa shape index (κ2) is 7.18. The van der Waals surface area contributed by atoms with Gasteiger partial charge >= 0.3 is 0 Å². The third-order valence-corrected chi connectivity index (χ3v) is 1.95. The maximum Gasteiger partial charge on any atom is 0.267 e. The van der Waals surface area contributed by atoms with E-state index in [4.69, 9.17) is 5.21 Å². The Kier molecular flexibility index (Phi) is 5.45. The predicted molar refractivity (Wildman–Crippen MR) is 58.9 cm³/mol. The summed E-state index contributed by atoms with van der Waals surface area (Å²) in [5.74, 6) is -1.11. The summed E-state index contributed by atoms with van der Waals surface area (Å²) in [6, 6.07) is 0. The number of amides is 2. The summed E-state index contributed by atoms with van der Waals surface area (Å²) in [5, 5.41) is 10.8. The van der Waals surface area contributed by atoms with Crippen molar-refractivity contribution in [1.82, 2.24) is 20.3 Å². The van der Waals surface area contributed by atoms with Gasteiger partial charge in [0, 0.05) is 37.6 Å². The highest BCUT2D eigenvalue weighted by Crippen LogP contribution is 1.89. The van der Waals surface area contributed by atoms with Crippen molar-refractivity contribution in [2.24, 2.45) is 0 Å². The highest BCUT2D eigenvalue weighted by molar-refractivity contribution is 5.96. The number of nitrogens with one attached hydrogen (secondary N) is 2. The van der Waals surface area contributed by atoms with Gasteiger partial charge in [-0.1, -0.05) is 0 Å². The van der Waals surface area contributed by atoms with Gasteiger partial charge < -0.3 is 9.88 Å². The molecule has 0 spiro atoms. The summed E-state index contributed by atoms with van der Waals surface area (Å²) < 4.78 is 1.90. The van der Waals surface area contributed by atoms with Gasteiger partial charge in [0.2, 0.25) is 5.91 Å². The van der Waals surface area contributed by atoms with Gasteiger partial charge in [0.15, 0.2) is 0 Å². The van der Waals surface area contributed by atoms with Gasteiger partial charge in [-0.05, 0) is 6.42 Å². The zero-order valence-electron chi connectivity index (χ0n) is 9.17. The van der Waals surface area contributed by atoms with E-state index in [-0.39, 0.29) is 5.91 Å². The van der Waals surface area contributed by atoms with E-state index in [1.807, 2.05) is 10.8 Å². The maximum atomic E-state index is 11.1. The van der Waals surface area contributed by atoms with Crippen molar-refractivity contribution in [2.75, 3.05) is 6.54 Å². The van der Waals surface area contributed by atoms with E-state index < -0.39 is 5.91 Å². The Labute approximate surface area is 98.1 Å². The molecule has 0 unspecified atom stereocenters. The molecule has 7 heteroatoms. The Hall–Kier alpha value is -2.15. The topological polar surface area (TPSA) is 96.2 Å². The lowest BCUT2D eigenvalue weighted by Crippen LogP contribution is -2.24. The number of aryl methyl sites for hydroxylation is 1. The van der Waals surface area contributed by atoms with Gasteiger partial charge in [0.1, 0.15) is 0 Å². The van der Waals surface area contributed by atoms with Gasteiger partial charge in [-0.15, -0.1) is 0 Å². The average molecular weight is 238 g/mol. The summed E-state index contributed by atoms with van der Waals surface area (Å²) in [6.45, 7) is 1.27. The molecule has 0 radical (unpaired) electrons. The van der Waals surface area contributed by atoms with Crippen LogP contribution in [0.4, 0.5) is 0 Å². The van der Waals surface area contributed by atoms with Crippen LogP contribution in [0.25, 0.3) is 0 Å². The van der Waals surface area contributed by atoms with Crippen molar-refractivity contribution in [2.45, 2.75) is 13.0 Å². The van der Waals surface area contributed by atoms with Crippen LogP contribution in [0.5, 0.6) is 0 Å². The van der Waals surface area contributed by atoms with Crippen LogP contribution in [0, 0.1) is 0 Å². The normalized spacial score (nSPS) is 10.4. The maximum absolute atomic E-state index is 11.1. The van der Waals surface area contributed by atoms with Crippen LogP contribution in [-0.2, 0) is 16.1 Å². The minimum absolute atomic E-state index is 0.376. The molecule has 1 heterocycles. The number of carbonyl (C=O) groups is 2. The lowest BCUT2D eigenvalue weighted by atomic mass is 10.4. The quantitative estimate of drug-likeness (QED) is 0.268. The average Bonchev–Trinajstić information content (AvgIpc) is 2.84. The van der Waals surface area contributed by atoms with Crippen LogP contribution < -0.4 is 10.8 Å². The summed E-state index contributed by atoms with van der Waals surface area (Å²) in [7, 11) is 0. The van der Waals surface area contributed by atoms with Crippen LogP contribution in [0.1, 0.15) is 6.42 Å². The van der Waals surface area contributed by atoms with E-state index in [9.17, 15) is 9.59 Å². The number of aromatic nitrogens is 2. The molecule has 92 valence electrons. The number of hydrogen-bond acceptors (Lipinski definition) is 4. The zero-order chi connectivity index (χ0) is 12.5. The molecule has 1 rings (SSSR count). The Balaban J connectivity index is 2.12. The number of rotatable bonds is 6. The molecule has 1 aromatic heterocycles. The Morgan fingerprint density at radius 3 is 2.76 bits per heavy atom. The smallest absolute Gasteiger partial charge is 0.267 e. The molecule has 0 aliphatic rings. The number of carbonyl (C=O) groups excluding carboxylic acids is 2. The first-order valence-corrected chi connectivity index (χ1v) is 5.08. The highest BCUT2D eigenvalue weighted by Gasteiger charge is 1.97. The van der Waals surface area contributed by atoms with E-state index in [0.29, 0.717) is 6.54 Å². The molecule has 0 aliphatic heterocycles. The molecule has 0 saturated carbocycles. The van der Waals surface area contributed by atoms with Crippen molar-refractivity contribution < 1.29 is 14.8 Å². The summed E-state index contributed by atoms with van der Waals surface area (Å²) in [6.07, 6.45) is 8.01. The van der Waals surface area contributed by atoms with Crippen molar-refractivity contribution in [3.63, 3.8) is 0 Å². The summed E-state index contributed by atoms with van der Waals surface area (Å²) in [5.41, 5.74) is 1.39. The third kappa shape index (κ3) is 5.47. The zero-order valence-corrected chi connectivity index (χ0v) is 9.17. The fourth-order valence-corrected chi connectivity index (χ4v) is 1.14. The largest absolute Gasteiger partial charge is 0.352 e. The molecule has 1 aromatic rings. The van der Waals surface area contributed by atoms with E-state index in [1.165, 1.54) is 5.48 Å². The summed E-state index contributed by atoms with van der Waals surface area (Å²) in [4.78, 5) is 25.6. The third-order valence-electron chi connectivity index (χ3n) is 1.95. The Morgan fingerprint density at radius 1 is 1.35 bits per heavy atom.